The molecule has 2 aliphatic carbocycles. The van der Waals surface area contributed by atoms with Crippen LogP contribution >= 0.6 is 0 Å². The predicted molar refractivity (Wildman–Crippen MR) is 425 cm³/mol. The molecule has 0 saturated heterocycles. The van der Waals surface area contributed by atoms with Gasteiger partial charge in [-0.05, 0) is 227 Å². The number of hydrogen-bond acceptors (Lipinski definition) is 4. The van der Waals surface area contributed by atoms with Gasteiger partial charge < -0.3 is 0 Å². The fraction of sp³-hybridized carbons (Fsp3) is 0.0928. The van der Waals surface area contributed by atoms with Crippen molar-refractivity contribution in [3.8, 4) is 134 Å². The summed E-state index contributed by atoms with van der Waals surface area (Å²) in [7, 11) is 0. The number of hydrogen-bond donors (Lipinski definition) is 0. The first kappa shape index (κ1) is 60.7. The third kappa shape index (κ3) is 9.74. The lowest BCUT2D eigenvalue weighted by molar-refractivity contribution is 0.660. The van der Waals surface area contributed by atoms with Crippen LogP contribution in [0.4, 0.5) is 0 Å². The van der Waals surface area contributed by atoms with E-state index in [2.05, 4.69) is 356 Å². The molecule has 0 amide bonds. The maximum atomic E-state index is 5.24. The Morgan fingerprint density at radius 1 is 0.265 bits per heavy atom. The minimum atomic E-state index is -0.0792. The van der Waals surface area contributed by atoms with Crippen LogP contribution in [0.5, 0.6) is 0 Å². The molecule has 0 spiro atoms. The maximum absolute atomic E-state index is 5.24. The van der Waals surface area contributed by atoms with Crippen LogP contribution in [-0.2, 0) is 10.8 Å². The molecule has 0 radical (unpaired) electrons. The van der Waals surface area contributed by atoms with Gasteiger partial charge in [0.05, 0.1) is 33.5 Å². The highest BCUT2D eigenvalue weighted by atomic mass is 15.0. The first-order valence-corrected chi connectivity index (χ1v) is 35.5. The summed E-state index contributed by atoms with van der Waals surface area (Å²) in [6.07, 6.45) is 4.13. The lowest BCUT2D eigenvalue weighted by Crippen LogP contribution is -2.14. The SMILES string of the molecule is Cc1ccc2c(n1)c1ccc(-c3ccccc3-c3cc(-c4ccccc4-c4ccc(-c5cc(C)c(-c6ccc7c(c6)C(C)(C)c6ccccc6-7)cn5)cc4)cc(-c4ccccc4-c4ccc(-c5cc(C)c(-c6ccc7c(c6)C(C)(C)c6ccccc6-7)cn5)cc4)c3)cc1n1c3ccccc3nc21. The van der Waals surface area contributed by atoms with Crippen molar-refractivity contribution >= 4 is 38.5 Å². The molecule has 5 heterocycles. The van der Waals surface area contributed by atoms with Crippen LogP contribution in [0.2, 0.25) is 0 Å². The van der Waals surface area contributed by atoms with Gasteiger partial charge in [-0.1, -0.05) is 246 Å². The highest BCUT2D eigenvalue weighted by Crippen LogP contribution is 2.52. The number of aromatic nitrogens is 5. The fourth-order valence-corrected chi connectivity index (χ4v) is 16.9. The van der Waals surface area contributed by atoms with Gasteiger partial charge in [-0.15, -0.1) is 0 Å². The van der Waals surface area contributed by atoms with E-state index in [1.807, 2.05) is 0 Å². The zero-order chi connectivity index (χ0) is 68.7. The van der Waals surface area contributed by atoms with Crippen LogP contribution in [0, 0.1) is 20.8 Å². The highest BCUT2D eigenvalue weighted by Gasteiger charge is 2.37. The van der Waals surface area contributed by atoms with Crippen molar-refractivity contribution in [1.29, 1.82) is 0 Å². The van der Waals surface area contributed by atoms with E-state index in [-0.39, 0.29) is 10.8 Å². The molecule has 102 heavy (non-hydrogen) atoms. The third-order valence-electron chi connectivity index (χ3n) is 22.3. The van der Waals surface area contributed by atoms with Crippen LogP contribution in [0.1, 0.15) is 66.8 Å². The number of aryl methyl sites for hydroxylation is 3. The number of fused-ring (bicyclic) bond motifs is 14. The van der Waals surface area contributed by atoms with Crippen molar-refractivity contribution in [2.75, 3.05) is 0 Å². The molecular weight excluding hydrogens is 1240 g/mol. The number of benzene rings is 12. The van der Waals surface area contributed by atoms with Gasteiger partial charge in [0, 0.05) is 61.9 Å². The topological polar surface area (TPSA) is 56.0 Å². The molecule has 5 aromatic heterocycles. The molecule has 0 fully saturated rings. The van der Waals surface area contributed by atoms with Crippen molar-refractivity contribution in [1.82, 2.24) is 24.3 Å². The van der Waals surface area contributed by atoms with Crippen LogP contribution < -0.4 is 0 Å². The van der Waals surface area contributed by atoms with Gasteiger partial charge in [-0.3, -0.25) is 19.4 Å². The molecule has 17 aromatic rings. The zero-order valence-corrected chi connectivity index (χ0v) is 58.1. The molecular formula is C97H71N5. The summed E-state index contributed by atoms with van der Waals surface area (Å²) in [6.45, 7) is 15.9. The summed E-state index contributed by atoms with van der Waals surface area (Å²) in [5.74, 6) is 0. The van der Waals surface area contributed by atoms with E-state index >= 15 is 0 Å². The Kier molecular flexibility index (Phi) is 13.9. The Labute approximate surface area is 594 Å². The molecule has 0 N–H and O–H groups in total. The van der Waals surface area contributed by atoms with E-state index < -0.39 is 0 Å². The molecule has 0 bridgehead atoms. The zero-order valence-electron chi connectivity index (χ0n) is 58.1. The first-order chi connectivity index (χ1) is 49.8. The Balaban J connectivity index is 0.700. The molecule has 5 heteroatoms. The van der Waals surface area contributed by atoms with Gasteiger partial charge in [0.2, 0.25) is 0 Å². The molecule has 2 aliphatic rings. The molecule has 0 unspecified atom stereocenters. The highest BCUT2D eigenvalue weighted by molar-refractivity contribution is 6.13. The monoisotopic (exact) mass is 1310 g/mol. The quantitative estimate of drug-likeness (QED) is 0.128. The van der Waals surface area contributed by atoms with Gasteiger partial charge in [0.1, 0.15) is 5.65 Å². The number of imidazole rings is 1. The molecule has 5 nitrogen and oxygen atoms in total. The van der Waals surface area contributed by atoms with E-state index in [4.69, 9.17) is 19.9 Å². The molecule has 0 atom stereocenters. The van der Waals surface area contributed by atoms with Crippen molar-refractivity contribution in [3.05, 3.63) is 343 Å². The minimum Gasteiger partial charge on any atom is -0.292 e. The number of rotatable bonds is 10. The summed E-state index contributed by atoms with van der Waals surface area (Å²) < 4.78 is 2.33. The number of nitrogens with zero attached hydrogens (tertiary/aromatic N) is 5. The Bertz CT molecular complexity index is 6080. The molecule has 0 aliphatic heterocycles. The summed E-state index contributed by atoms with van der Waals surface area (Å²) >= 11 is 0. The lowest BCUT2D eigenvalue weighted by atomic mass is 9.81. The Morgan fingerprint density at radius 2 is 0.637 bits per heavy atom. The third-order valence-corrected chi connectivity index (χ3v) is 22.3. The van der Waals surface area contributed by atoms with E-state index in [1.54, 1.807) is 0 Å². The standard InChI is InChI=1S/C97H71N5/c1-58-48-90(98-56-83(58)65-41-45-79-77-26-14-16-28-85(77)96(4,5)87(79)53-65)63-37-33-61(34-38-63)71-20-8-11-23-74(71)68-50-69(52-70(51-68)76-25-13-10-22-73(76)67-43-47-81-93(55-67)102-92-31-19-18-30-89(92)101-95(102)82-44-32-60(3)100-94(81)82)75-24-12-9-21-72(75)62-35-39-64(40-36-62)91-49-59(2)84(57-99-91)66-42-46-80-78-27-15-17-29-86(78)97(6,7)88(80)54-66/h8-57H,1-7H3. The number of pyridine rings is 4. The lowest BCUT2D eigenvalue weighted by Gasteiger charge is -2.22. The smallest absolute Gasteiger partial charge is 0.147 e. The Hall–Kier alpha value is -12.4. The summed E-state index contributed by atoms with van der Waals surface area (Å²) in [5.41, 5.74) is 41.2. The maximum Gasteiger partial charge on any atom is 0.147 e. The van der Waals surface area contributed by atoms with Crippen LogP contribution in [0.15, 0.2) is 304 Å². The summed E-state index contributed by atoms with van der Waals surface area (Å²) in [5, 5.41) is 2.12. The summed E-state index contributed by atoms with van der Waals surface area (Å²) in [6, 6.07) is 107. The van der Waals surface area contributed by atoms with Crippen molar-refractivity contribution < 1.29 is 0 Å². The van der Waals surface area contributed by atoms with Crippen molar-refractivity contribution in [2.45, 2.75) is 59.3 Å². The van der Waals surface area contributed by atoms with Crippen LogP contribution in [0.25, 0.3) is 172 Å². The average Bonchev–Trinajstić information content (AvgIpc) is 1.49. The molecule has 484 valence electrons. The van der Waals surface area contributed by atoms with Gasteiger partial charge in [-0.2, -0.15) is 0 Å². The molecule has 0 saturated carbocycles. The van der Waals surface area contributed by atoms with E-state index in [1.165, 1.54) is 66.8 Å². The largest absolute Gasteiger partial charge is 0.292 e. The van der Waals surface area contributed by atoms with Gasteiger partial charge >= 0.3 is 0 Å². The van der Waals surface area contributed by atoms with E-state index in [0.717, 1.165) is 145 Å². The van der Waals surface area contributed by atoms with E-state index in [0.29, 0.717) is 0 Å². The second-order valence-corrected chi connectivity index (χ2v) is 29.1. The van der Waals surface area contributed by atoms with Gasteiger partial charge in [0.15, 0.2) is 0 Å². The first-order valence-electron chi connectivity index (χ1n) is 35.5. The van der Waals surface area contributed by atoms with Crippen LogP contribution in [-0.4, -0.2) is 24.3 Å². The van der Waals surface area contributed by atoms with Gasteiger partial charge in [0.25, 0.3) is 0 Å². The van der Waals surface area contributed by atoms with Crippen molar-refractivity contribution in [2.24, 2.45) is 0 Å². The van der Waals surface area contributed by atoms with E-state index in [9.17, 15) is 0 Å². The fourth-order valence-electron chi connectivity index (χ4n) is 16.9. The molecule has 12 aromatic carbocycles. The molecule has 19 rings (SSSR count). The van der Waals surface area contributed by atoms with Crippen molar-refractivity contribution in [3.63, 3.8) is 0 Å². The second-order valence-electron chi connectivity index (χ2n) is 29.1. The predicted octanol–water partition coefficient (Wildman–Crippen LogP) is 25.2. The minimum absolute atomic E-state index is 0.0792. The van der Waals surface area contributed by atoms with Gasteiger partial charge in [-0.25, -0.2) is 4.98 Å². The Morgan fingerprint density at radius 3 is 1.12 bits per heavy atom. The number of para-hydroxylation sites is 2. The normalized spacial score (nSPS) is 13.2. The van der Waals surface area contributed by atoms with Crippen LogP contribution in [0.3, 0.4) is 0 Å². The summed E-state index contributed by atoms with van der Waals surface area (Å²) in [4.78, 5) is 20.7. The average molecular weight is 1310 g/mol. The second kappa shape index (κ2) is 23.3.